The largest absolute Gasteiger partial charge is 0.479 e. The van der Waals surface area contributed by atoms with Gasteiger partial charge in [-0.1, -0.05) is 12.2 Å². The van der Waals surface area contributed by atoms with Crippen molar-refractivity contribution in [3.05, 3.63) is 23.8 Å². The lowest BCUT2D eigenvalue weighted by Gasteiger charge is -2.25. The second kappa shape index (κ2) is 6.85. The molecule has 3 atom stereocenters. The Morgan fingerprint density at radius 1 is 1.27 bits per heavy atom. The molecular weight excluding hydrogens is 304 g/mol. The van der Waals surface area contributed by atoms with Gasteiger partial charge in [-0.2, -0.15) is 0 Å². The summed E-state index contributed by atoms with van der Waals surface area (Å²) in [6.45, 7) is 0. The third kappa shape index (κ3) is 3.14. The van der Waals surface area contributed by atoms with Gasteiger partial charge in [0.15, 0.2) is 11.9 Å². The number of aliphatic hydroxyl groups is 2. The van der Waals surface area contributed by atoms with Gasteiger partial charge in [-0.3, -0.25) is 9.59 Å². The number of hydrogen-bond acceptors (Lipinski definition) is 7. The Bertz CT molecular complexity index is 587. The van der Waals surface area contributed by atoms with Gasteiger partial charge in [-0.15, -0.1) is 0 Å². The van der Waals surface area contributed by atoms with E-state index in [0.717, 1.165) is 12.2 Å². The zero-order valence-electron chi connectivity index (χ0n) is 10.8. The third-order valence-corrected chi connectivity index (χ3v) is 2.82. The predicted molar refractivity (Wildman–Crippen MR) is 66.6 cm³/mol. The van der Waals surface area contributed by atoms with E-state index < -0.39 is 46.7 Å². The number of aliphatic hydroxyl groups excluding tert-OH is 1. The van der Waals surface area contributed by atoms with Crippen molar-refractivity contribution in [2.45, 2.75) is 11.7 Å². The second-order valence-electron chi connectivity index (χ2n) is 4.16. The van der Waals surface area contributed by atoms with E-state index in [2.05, 4.69) is 0 Å². The number of allylic oxidation sites excluding steroid dienone is 3. The van der Waals surface area contributed by atoms with E-state index in [9.17, 15) is 34.2 Å². The molecule has 1 aliphatic rings. The summed E-state index contributed by atoms with van der Waals surface area (Å²) >= 11 is 0. The highest BCUT2D eigenvalue weighted by molar-refractivity contribution is 6.21. The zero-order chi connectivity index (χ0) is 16.4. The van der Waals surface area contributed by atoms with Crippen molar-refractivity contribution < 1.29 is 49.9 Å². The van der Waals surface area contributed by atoms with Gasteiger partial charge >= 0.3 is 11.9 Å². The SMILES string of the molecule is O.O=CC1C=CC(C(=O)C(O)(C(=O)O)C(O)C(=O)O)=CC1=O. The molecule has 0 saturated heterocycles. The van der Waals surface area contributed by atoms with Gasteiger partial charge in [0.25, 0.3) is 5.60 Å². The Hall–Kier alpha value is -2.69. The number of carboxylic acids is 2. The maximum absolute atomic E-state index is 11.9. The number of ketones is 2. The quantitative estimate of drug-likeness (QED) is 0.289. The summed E-state index contributed by atoms with van der Waals surface area (Å²) in [5, 5.41) is 36.4. The van der Waals surface area contributed by atoms with Gasteiger partial charge in [-0.05, 0) is 6.08 Å². The maximum Gasteiger partial charge on any atom is 0.347 e. The molecule has 0 aliphatic heterocycles. The van der Waals surface area contributed by atoms with E-state index in [-0.39, 0.29) is 11.8 Å². The smallest absolute Gasteiger partial charge is 0.347 e. The Balaban J connectivity index is 0.00000441. The van der Waals surface area contributed by atoms with Crippen LogP contribution in [-0.2, 0) is 24.0 Å². The molecule has 0 aromatic rings. The van der Waals surface area contributed by atoms with E-state index in [4.69, 9.17) is 10.2 Å². The molecule has 1 aliphatic carbocycles. The monoisotopic (exact) mass is 316 g/mol. The molecule has 0 aromatic heterocycles. The van der Waals surface area contributed by atoms with Crippen molar-refractivity contribution >= 4 is 29.8 Å². The zero-order valence-corrected chi connectivity index (χ0v) is 10.8. The summed E-state index contributed by atoms with van der Waals surface area (Å²) in [4.78, 5) is 55.4. The van der Waals surface area contributed by atoms with Gasteiger partial charge in [0, 0.05) is 5.57 Å². The summed E-state index contributed by atoms with van der Waals surface area (Å²) in [6.07, 6.45) is -0.171. The van der Waals surface area contributed by atoms with E-state index in [1.807, 2.05) is 0 Å². The number of hydrogen-bond donors (Lipinski definition) is 4. The molecule has 6 N–H and O–H groups in total. The number of aldehydes is 1. The third-order valence-electron chi connectivity index (χ3n) is 2.82. The molecule has 0 heterocycles. The fourth-order valence-electron chi connectivity index (χ4n) is 1.59. The lowest BCUT2D eigenvalue weighted by atomic mass is 9.84. The van der Waals surface area contributed by atoms with Crippen LogP contribution in [0.25, 0.3) is 0 Å². The van der Waals surface area contributed by atoms with Gasteiger partial charge in [0.1, 0.15) is 6.29 Å². The van der Waals surface area contributed by atoms with Crippen LogP contribution in [0.4, 0.5) is 0 Å². The van der Waals surface area contributed by atoms with Crippen LogP contribution in [0.5, 0.6) is 0 Å². The van der Waals surface area contributed by atoms with Crippen LogP contribution < -0.4 is 0 Å². The van der Waals surface area contributed by atoms with Crippen LogP contribution in [0.15, 0.2) is 23.8 Å². The number of aliphatic carboxylic acids is 2. The minimum Gasteiger partial charge on any atom is -0.479 e. The summed E-state index contributed by atoms with van der Waals surface area (Å²) in [7, 11) is 0. The van der Waals surface area contributed by atoms with Gasteiger partial charge < -0.3 is 30.7 Å². The molecule has 0 aromatic carbocycles. The van der Waals surface area contributed by atoms with Crippen molar-refractivity contribution in [2.75, 3.05) is 0 Å². The van der Waals surface area contributed by atoms with Crippen LogP contribution in [0.1, 0.15) is 0 Å². The normalized spacial score (nSPS) is 20.9. The standard InChI is InChI=1S/C12H10O9.H2O/c13-4-6-2-1-5(3-7(6)14)8(15)12(21,11(19)20)9(16)10(17)18;/h1-4,6,9,16,21H,(H,17,18)(H,19,20);1H2. The molecule has 0 saturated carbocycles. The molecule has 120 valence electrons. The molecule has 3 unspecified atom stereocenters. The number of Topliss-reactive ketones (excluding diaryl/α,β-unsaturated/α-hetero) is 1. The van der Waals surface area contributed by atoms with Crippen LogP contribution in [-0.4, -0.2) is 67.4 Å². The van der Waals surface area contributed by atoms with E-state index in [0.29, 0.717) is 6.08 Å². The highest BCUT2D eigenvalue weighted by atomic mass is 16.4. The highest BCUT2D eigenvalue weighted by Gasteiger charge is 2.55. The second-order valence-corrected chi connectivity index (χ2v) is 4.16. The van der Waals surface area contributed by atoms with E-state index in [1.54, 1.807) is 0 Å². The molecule has 1 rings (SSSR count). The van der Waals surface area contributed by atoms with Crippen molar-refractivity contribution in [3.8, 4) is 0 Å². The molecule has 0 radical (unpaired) electrons. The van der Waals surface area contributed by atoms with Crippen LogP contribution in [0.3, 0.4) is 0 Å². The van der Waals surface area contributed by atoms with Crippen molar-refractivity contribution in [1.29, 1.82) is 0 Å². The predicted octanol–water partition coefficient (Wildman–Crippen LogP) is -3.13. The number of carbonyl (C=O) groups is 5. The lowest BCUT2D eigenvalue weighted by Crippen LogP contribution is -2.59. The van der Waals surface area contributed by atoms with Crippen LogP contribution in [0.2, 0.25) is 0 Å². The Morgan fingerprint density at radius 3 is 2.18 bits per heavy atom. The van der Waals surface area contributed by atoms with Gasteiger partial charge in [-0.25, -0.2) is 9.59 Å². The Kier molecular flexibility index (Phi) is 6.01. The molecule has 10 heteroatoms. The topological polar surface area (TPSA) is 198 Å². The number of carbonyl (C=O) groups excluding carboxylic acids is 3. The highest BCUT2D eigenvalue weighted by Crippen LogP contribution is 2.22. The van der Waals surface area contributed by atoms with Crippen LogP contribution >= 0.6 is 0 Å². The average Bonchev–Trinajstić information content (AvgIpc) is 2.44. The fourth-order valence-corrected chi connectivity index (χ4v) is 1.59. The summed E-state index contributed by atoms with van der Waals surface area (Å²) in [5.74, 6) is -8.09. The van der Waals surface area contributed by atoms with Crippen molar-refractivity contribution in [2.24, 2.45) is 5.92 Å². The first kappa shape index (κ1) is 19.3. The van der Waals surface area contributed by atoms with Crippen LogP contribution in [0, 0.1) is 5.92 Å². The number of rotatable bonds is 6. The Labute approximate surface area is 122 Å². The molecule has 22 heavy (non-hydrogen) atoms. The molecule has 0 spiro atoms. The summed E-state index contributed by atoms with van der Waals surface area (Å²) < 4.78 is 0. The lowest BCUT2D eigenvalue weighted by molar-refractivity contribution is -0.185. The summed E-state index contributed by atoms with van der Waals surface area (Å²) in [5.41, 5.74) is -4.29. The molecule has 0 fully saturated rings. The summed E-state index contributed by atoms with van der Waals surface area (Å²) in [6, 6.07) is 0. The molecule has 0 amide bonds. The Morgan fingerprint density at radius 2 is 1.82 bits per heavy atom. The minimum absolute atomic E-state index is 0. The molecule has 10 nitrogen and oxygen atoms in total. The number of carboxylic acid groups (broad SMARTS) is 2. The van der Waals surface area contributed by atoms with E-state index in [1.165, 1.54) is 0 Å². The first-order chi connectivity index (χ1) is 9.66. The fraction of sp³-hybridized carbons (Fsp3) is 0.250. The first-order valence-electron chi connectivity index (χ1n) is 5.46. The minimum atomic E-state index is -3.66. The average molecular weight is 316 g/mol. The van der Waals surface area contributed by atoms with E-state index >= 15 is 0 Å². The molecular formula is C12H12O10. The van der Waals surface area contributed by atoms with Gasteiger partial charge in [0.05, 0.1) is 5.92 Å². The van der Waals surface area contributed by atoms with Gasteiger partial charge in [0.2, 0.25) is 5.78 Å². The first-order valence-corrected chi connectivity index (χ1v) is 5.46. The maximum atomic E-state index is 11.9. The van der Waals surface area contributed by atoms with Crippen molar-refractivity contribution in [1.82, 2.24) is 0 Å². The van der Waals surface area contributed by atoms with Crippen molar-refractivity contribution in [3.63, 3.8) is 0 Å². The molecule has 0 bridgehead atoms.